The quantitative estimate of drug-likeness (QED) is 0.524. The van der Waals surface area contributed by atoms with Gasteiger partial charge in [0.15, 0.2) is 0 Å². The Kier molecular flexibility index (Phi) is 2.76. The van der Waals surface area contributed by atoms with Gasteiger partial charge in [-0.2, -0.15) is 0 Å². The third-order valence-corrected chi connectivity index (χ3v) is 3.27. The van der Waals surface area contributed by atoms with E-state index in [1.165, 1.54) is 0 Å². The first-order valence-electron chi connectivity index (χ1n) is 6.19. The monoisotopic (exact) mass is 246 g/mol. The Balaban J connectivity index is 2.25. The molecule has 0 aliphatic rings. The number of benzene rings is 3. The summed E-state index contributed by atoms with van der Waals surface area (Å²) in [5.41, 5.74) is 8.89. The van der Waals surface area contributed by atoms with Crippen molar-refractivity contribution in [1.29, 1.82) is 5.41 Å². The number of hydrogen-bond donors (Lipinski definition) is 2. The Hall–Kier alpha value is -2.61. The summed E-state index contributed by atoms with van der Waals surface area (Å²) in [6, 6.07) is 21.6. The van der Waals surface area contributed by atoms with Crippen LogP contribution in [0.15, 0.2) is 66.7 Å². The molecule has 0 aliphatic heterocycles. The molecule has 0 aromatic heterocycles. The Morgan fingerprint density at radius 2 is 1.47 bits per heavy atom. The number of nitrogens with one attached hydrogen (secondary N) is 1. The molecule has 3 aromatic rings. The summed E-state index contributed by atoms with van der Waals surface area (Å²) >= 11 is 0. The summed E-state index contributed by atoms with van der Waals surface area (Å²) in [5, 5.41) is 10.5. The van der Waals surface area contributed by atoms with Gasteiger partial charge in [-0.15, -0.1) is 0 Å². The molecule has 2 heteroatoms. The SMILES string of the molecule is N=C(c1ccccc1)c1c(N)ccc2ccccc12. The van der Waals surface area contributed by atoms with Gasteiger partial charge in [-0.3, -0.25) is 5.41 Å². The molecule has 3 aromatic carbocycles. The first-order valence-corrected chi connectivity index (χ1v) is 6.19. The van der Waals surface area contributed by atoms with Gasteiger partial charge < -0.3 is 5.73 Å². The molecule has 0 heterocycles. The van der Waals surface area contributed by atoms with E-state index in [-0.39, 0.29) is 0 Å². The number of nitrogen functional groups attached to an aromatic ring is 1. The fourth-order valence-electron chi connectivity index (χ4n) is 2.32. The van der Waals surface area contributed by atoms with Crippen molar-refractivity contribution in [3.05, 3.63) is 77.9 Å². The van der Waals surface area contributed by atoms with Gasteiger partial charge in [0.25, 0.3) is 0 Å². The Labute approximate surface area is 112 Å². The van der Waals surface area contributed by atoms with Crippen molar-refractivity contribution in [2.24, 2.45) is 0 Å². The predicted octanol–water partition coefficient (Wildman–Crippen LogP) is 3.84. The van der Waals surface area contributed by atoms with Gasteiger partial charge in [0, 0.05) is 16.8 Å². The number of hydrogen-bond acceptors (Lipinski definition) is 2. The minimum atomic E-state index is 0.468. The number of nitrogens with two attached hydrogens (primary N) is 1. The van der Waals surface area contributed by atoms with Gasteiger partial charge in [0.2, 0.25) is 0 Å². The highest BCUT2D eigenvalue weighted by molar-refractivity contribution is 6.20. The van der Waals surface area contributed by atoms with E-state index in [0.717, 1.165) is 21.9 Å². The van der Waals surface area contributed by atoms with Crippen molar-refractivity contribution in [3.8, 4) is 0 Å². The average Bonchev–Trinajstić information content (AvgIpc) is 2.47. The molecule has 3 N–H and O–H groups in total. The molecule has 0 saturated carbocycles. The van der Waals surface area contributed by atoms with Crippen LogP contribution in [0.3, 0.4) is 0 Å². The lowest BCUT2D eigenvalue weighted by atomic mass is 9.95. The fourth-order valence-corrected chi connectivity index (χ4v) is 2.32. The van der Waals surface area contributed by atoms with Gasteiger partial charge in [-0.05, 0) is 16.8 Å². The second-order valence-electron chi connectivity index (χ2n) is 4.49. The summed E-state index contributed by atoms with van der Waals surface area (Å²) in [4.78, 5) is 0. The van der Waals surface area contributed by atoms with E-state index in [4.69, 9.17) is 11.1 Å². The third-order valence-electron chi connectivity index (χ3n) is 3.27. The van der Waals surface area contributed by atoms with Crippen LogP contribution in [0, 0.1) is 5.41 Å². The molecule has 0 fully saturated rings. The molecular formula is C17H14N2. The molecule has 0 unspecified atom stereocenters. The second kappa shape index (κ2) is 4.58. The van der Waals surface area contributed by atoms with Gasteiger partial charge >= 0.3 is 0 Å². The van der Waals surface area contributed by atoms with Crippen LogP contribution in [-0.2, 0) is 0 Å². The highest BCUT2D eigenvalue weighted by Crippen LogP contribution is 2.26. The Morgan fingerprint density at radius 3 is 2.26 bits per heavy atom. The standard InChI is InChI=1S/C17H14N2/c18-15-11-10-12-6-4-5-9-14(12)16(15)17(19)13-7-2-1-3-8-13/h1-11,19H,18H2. The zero-order valence-corrected chi connectivity index (χ0v) is 10.4. The Bertz CT molecular complexity index is 746. The van der Waals surface area contributed by atoms with Crippen LogP contribution >= 0.6 is 0 Å². The normalized spacial score (nSPS) is 10.5. The first-order chi connectivity index (χ1) is 9.27. The van der Waals surface area contributed by atoms with Gasteiger partial charge in [0.05, 0.1) is 5.71 Å². The van der Waals surface area contributed by atoms with Crippen LogP contribution in [0.4, 0.5) is 5.69 Å². The second-order valence-corrected chi connectivity index (χ2v) is 4.49. The van der Waals surface area contributed by atoms with Gasteiger partial charge in [-0.25, -0.2) is 0 Å². The maximum absolute atomic E-state index is 8.41. The first kappa shape index (κ1) is 11.5. The summed E-state index contributed by atoms with van der Waals surface area (Å²) in [5.74, 6) is 0. The van der Waals surface area contributed by atoms with Gasteiger partial charge in [-0.1, -0.05) is 60.7 Å². The van der Waals surface area contributed by atoms with E-state index in [2.05, 4.69) is 0 Å². The van der Waals surface area contributed by atoms with Crippen molar-refractivity contribution in [2.45, 2.75) is 0 Å². The minimum absolute atomic E-state index is 0.468. The van der Waals surface area contributed by atoms with Crippen LogP contribution in [0.5, 0.6) is 0 Å². The highest BCUT2D eigenvalue weighted by atomic mass is 14.6. The van der Waals surface area contributed by atoms with E-state index >= 15 is 0 Å². The molecule has 0 spiro atoms. The maximum atomic E-state index is 8.41. The largest absolute Gasteiger partial charge is 0.398 e. The minimum Gasteiger partial charge on any atom is -0.398 e. The molecule has 0 radical (unpaired) electrons. The molecule has 92 valence electrons. The van der Waals surface area contributed by atoms with Crippen LogP contribution < -0.4 is 5.73 Å². The molecule has 0 saturated heterocycles. The molecule has 19 heavy (non-hydrogen) atoms. The topological polar surface area (TPSA) is 49.9 Å². The van der Waals surface area contributed by atoms with Crippen molar-refractivity contribution < 1.29 is 0 Å². The number of anilines is 1. The molecule has 0 atom stereocenters. The fraction of sp³-hybridized carbons (Fsp3) is 0. The molecule has 3 rings (SSSR count). The molecule has 0 amide bonds. The van der Waals surface area contributed by atoms with Gasteiger partial charge in [0.1, 0.15) is 0 Å². The smallest absolute Gasteiger partial charge is 0.0711 e. The zero-order chi connectivity index (χ0) is 13.2. The van der Waals surface area contributed by atoms with Crippen LogP contribution in [0.1, 0.15) is 11.1 Å². The lowest BCUT2D eigenvalue weighted by Crippen LogP contribution is -2.06. The van der Waals surface area contributed by atoms with E-state index in [0.29, 0.717) is 11.4 Å². The van der Waals surface area contributed by atoms with Crippen LogP contribution in [0.25, 0.3) is 10.8 Å². The van der Waals surface area contributed by atoms with E-state index in [9.17, 15) is 0 Å². The number of fused-ring (bicyclic) bond motifs is 1. The van der Waals surface area contributed by atoms with E-state index in [1.54, 1.807) is 0 Å². The summed E-state index contributed by atoms with van der Waals surface area (Å²) in [6.45, 7) is 0. The van der Waals surface area contributed by atoms with Crippen molar-refractivity contribution >= 4 is 22.2 Å². The van der Waals surface area contributed by atoms with Crippen molar-refractivity contribution in [3.63, 3.8) is 0 Å². The lowest BCUT2D eigenvalue weighted by molar-refractivity contribution is 1.47. The third kappa shape index (κ3) is 1.97. The maximum Gasteiger partial charge on any atom is 0.0711 e. The molecule has 0 bridgehead atoms. The predicted molar refractivity (Wildman–Crippen MR) is 80.7 cm³/mol. The Morgan fingerprint density at radius 1 is 0.789 bits per heavy atom. The van der Waals surface area contributed by atoms with E-state index < -0.39 is 0 Å². The van der Waals surface area contributed by atoms with Crippen molar-refractivity contribution in [1.82, 2.24) is 0 Å². The molecule has 2 nitrogen and oxygen atoms in total. The molecule has 0 aliphatic carbocycles. The lowest BCUT2D eigenvalue weighted by Gasteiger charge is -2.11. The summed E-state index contributed by atoms with van der Waals surface area (Å²) in [6.07, 6.45) is 0. The number of rotatable bonds is 2. The van der Waals surface area contributed by atoms with Crippen molar-refractivity contribution in [2.75, 3.05) is 5.73 Å². The molecular weight excluding hydrogens is 232 g/mol. The van der Waals surface area contributed by atoms with Crippen LogP contribution in [0.2, 0.25) is 0 Å². The summed E-state index contributed by atoms with van der Waals surface area (Å²) in [7, 11) is 0. The zero-order valence-electron chi connectivity index (χ0n) is 10.4. The van der Waals surface area contributed by atoms with E-state index in [1.807, 2.05) is 66.7 Å². The highest BCUT2D eigenvalue weighted by Gasteiger charge is 2.11. The average molecular weight is 246 g/mol. The summed E-state index contributed by atoms with van der Waals surface area (Å²) < 4.78 is 0. The van der Waals surface area contributed by atoms with Crippen LogP contribution in [-0.4, -0.2) is 5.71 Å².